The van der Waals surface area contributed by atoms with Crippen LogP contribution >= 0.6 is 0 Å². The number of nitrogens with one attached hydrogen (secondary N) is 1. The molecular formula is C19H27N5O4. The lowest BCUT2D eigenvalue weighted by molar-refractivity contribution is -0.128. The quantitative estimate of drug-likeness (QED) is 0.700. The van der Waals surface area contributed by atoms with Gasteiger partial charge in [0.1, 0.15) is 11.3 Å². The van der Waals surface area contributed by atoms with Gasteiger partial charge in [-0.05, 0) is 39.1 Å². The van der Waals surface area contributed by atoms with Crippen LogP contribution in [0.2, 0.25) is 0 Å². The average Bonchev–Trinajstić information content (AvgIpc) is 3.12. The Balaban J connectivity index is 1.61. The molecule has 28 heavy (non-hydrogen) atoms. The highest BCUT2D eigenvalue weighted by Crippen LogP contribution is 2.20. The van der Waals surface area contributed by atoms with E-state index >= 15 is 0 Å². The smallest absolute Gasteiger partial charge is 0.272 e. The van der Waals surface area contributed by atoms with Crippen molar-refractivity contribution in [1.29, 1.82) is 0 Å². The fourth-order valence-electron chi connectivity index (χ4n) is 3.64. The average molecular weight is 389 g/mol. The van der Waals surface area contributed by atoms with Gasteiger partial charge in [-0.2, -0.15) is 0 Å². The van der Waals surface area contributed by atoms with Gasteiger partial charge in [-0.15, -0.1) is 0 Å². The van der Waals surface area contributed by atoms with Gasteiger partial charge < -0.3 is 25.6 Å². The molecule has 2 saturated heterocycles. The molecule has 0 aromatic carbocycles. The van der Waals surface area contributed by atoms with Gasteiger partial charge in [-0.3, -0.25) is 19.4 Å². The number of rotatable bonds is 5. The predicted molar refractivity (Wildman–Crippen MR) is 102 cm³/mol. The molecule has 0 spiro atoms. The van der Waals surface area contributed by atoms with Crippen molar-refractivity contribution in [3.05, 3.63) is 29.6 Å². The van der Waals surface area contributed by atoms with Gasteiger partial charge in [0.05, 0.1) is 19.1 Å². The second-order valence-corrected chi connectivity index (χ2v) is 7.78. The third kappa shape index (κ3) is 4.66. The Labute approximate surface area is 164 Å². The Hall–Kier alpha value is -2.52. The van der Waals surface area contributed by atoms with Gasteiger partial charge in [-0.25, -0.2) is 0 Å². The summed E-state index contributed by atoms with van der Waals surface area (Å²) in [5.41, 5.74) is 5.00. The number of nitrogens with zero attached hydrogens (tertiary/aromatic N) is 3. The van der Waals surface area contributed by atoms with Crippen LogP contribution in [0.5, 0.6) is 0 Å². The number of pyridine rings is 1. The number of ether oxygens (including phenoxy) is 1. The molecule has 3 heterocycles. The summed E-state index contributed by atoms with van der Waals surface area (Å²) in [6, 6.07) is 2.87. The molecule has 3 N–H and O–H groups in total. The van der Waals surface area contributed by atoms with Gasteiger partial charge >= 0.3 is 0 Å². The predicted octanol–water partition coefficient (Wildman–Crippen LogP) is -0.520. The van der Waals surface area contributed by atoms with Gasteiger partial charge in [-0.1, -0.05) is 0 Å². The van der Waals surface area contributed by atoms with Gasteiger partial charge in [0.2, 0.25) is 11.8 Å². The molecule has 0 bridgehead atoms. The van der Waals surface area contributed by atoms with Crippen molar-refractivity contribution in [2.24, 2.45) is 11.7 Å². The number of hydrogen-bond donors (Lipinski definition) is 2. The van der Waals surface area contributed by atoms with Crippen molar-refractivity contribution in [3.63, 3.8) is 0 Å². The minimum Gasteiger partial charge on any atom is -0.370 e. The molecule has 0 radical (unpaired) electrons. The molecule has 2 unspecified atom stereocenters. The van der Waals surface area contributed by atoms with Crippen LogP contribution in [-0.2, 0) is 9.53 Å². The maximum absolute atomic E-state index is 12.8. The topological polar surface area (TPSA) is 118 Å². The van der Waals surface area contributed by atoms with Crippen molar-refractivity contribution in [1.82, 2.24) is 20.1 Å². The molecule has 1 aromatic rings. The summed E-state index contributed by atoms with van der Waals surface area (Å²) >= 11 is 0. The lowest BCUT2D eigenvalue weighted by atomic mass is 10.0. The molecule has 1 aromatic heterocycles. The normalized spacial score (nSPS) is 25.5. The molecule has 2 atom stereocenters. The zero-order valence-electron chi connectivity index (χ0n) is 16.3. The van der Waals surface area contributed by atoms with E-state index in [1.165, 1.54) is 18.3 Å². The van der Waals surface area contributed by atoms with Crippen molar-refractivity contribution in [2.75, 3.05) is 46.4 Å². The minimum atomic E-state index is -0.685. The first-order valence-corrected chi connectivity index (χ1v) is 9.43. The zero-order valence-corrected chi connectivity index (χ0v) is 16.3. The van der Waals surface area contributed by atoms with E-state index in [0.717, 1.165) is 19.5 Å². The molecule has 2 aliphatic rings. The molecule has 3 amide bonds. The molecule has 2 aliphatic heterocycles. The Morgan fingerprint density at radius 3 is 2.86 bits per heavy atom. The Morgan fingerprint density at radius 1 is 1.39 bits per heavy atom. The van der Waals surface area contributed by atoms with E-state index in [-0.39, 0.29) is 29.0 Å². The van der Waals surface area contributed by atoms with Crippen molar-refractivity contribution >= 4 is 17.7 Å². The second kappa shape index (κ2) is 8.24. The van der Waals surface area contributed by atoms with Gasteiger partial charge in [0.15, 0.2) is 0 Å². The van der Waals surface area contributed by atoms with E-state index in [2.05, 4.69) is 15.2 Å². The summed E-state index contributed by atoms with van der Waals surface area (Å²) in [4.78, 5) is 44.4. The van der Waals surface area contributed by atoms with Crippen LogP contribution in [0, 0.1) is 5.92 Å². The maximum atomic E-state index is 12.8. The molecule has 0 aliphatic carbocycles. The van der Waals surface area contributed by atoms with Crippen LogP contribution in [-0.4, -0.2) is 84.5 Å². The standard InChI is InChI=1S/C19H27N5O4/c1-19(11-22-17(26)14-4-6-23(2)10-14)12-24(7-8-28-19)18(27)15-9-13(16(20)25)3-5-21-15/h3,5,9,14H,4,6-8,10-12H2,1-2H3,(H2,20,25)(H,22,26). The summed E-state index contributed by atoms with van der Waals surface area (Å²) in [7, 11) is 2.00. The number of nitrogens with two attached hydrogens (primary N) is 1. The second-order valence-electron chi connectivity index (χ2n) is 7.78. The molecule has 0 saturated carbocycles. The van der Waals surface area contributed by atoms with Crippen molar-refractivity contribution in [2.45, 2.75) is 18.9 Å². The van der Waals surface area contributed by atoms with E-state index in [0.29, 0.717) is 26.2 Å². The summed E-state index contributed by atoms with van der Waals surface area (Å²) in [5.74, 6) is -0.881. The fraction of sp³-hybridized carbons (Fsp3) is 0.579. The van der Waals surface area contributed by atoms with Gasteiger partial charge in [0, 0.05) is 31.4 Å². The molecular weight excluding hydrogens is 362 g/mol. The third-order valence-corrected chi connectivity index (χ3v) is 5.29. The number of primary amides is 1. The summed E-state index contributed by atoms with van der Waals surface area (Å²) in [6.45, 7) is 4.98. The minimum absolute atomic E-state index is 0.00401. The first-order chi connectivity index (χ1) is 13.3. The van der Waals surface area contributed by atoms with Crippen molar-refractivity contribution < 1.29 is 19.1 Å². The summed E-state index contributed by atoms with van der Waals surface area (Å²) in [6.07, 6.45) is 2.25. The van der Waals surface area contributed by atoms with E-state index in [4.69, 9.17) is 10.5 Å². The molecule has 9 heteroatoms. The van der Waals surface area contributed by atoms with Crippen LogP contribution in [0.15, 0.2) is 18.3 Å². The number of aromatic nitrogens is 1. The maximum Gasteiger partial charge on any atom is 0.272 e. The number of likely N-dealkylation sites (tertiary alicyclic amines) is 1. The Morgan fingerprint density at radius 2 is 2.18 bits per heavy atom. The lowest BCUT2D eigenvalue weighted by Gasteiger charge is -2.40. The van der Waals surface area contributed by atoms with Crippen LogP contribution < -0.4 is 11.1 Å². The lowest BCUT2D eigenvalue weighted by Crippen LogP contribution is -2.57. The van der Waals surface area contributed by atoms with Gasteiger partial charge in [0.25, 0.3) is 5.91 Å². The van der Waals surface area contributed by atoms with Crippen LogP contribution in [0.1, 0.15) is 34.2 Å². The molecule has 152 valence electrons. The zero-order chi connectivity index (χ0) is 20.3. The highest BCUT2D eigenvalue weighted by molar-refractivity contribution is 5.97. The van der Waals surface area contributed by atoms with E-state index in [9.17, 15) is 14.4 Å². The van der Waals surface area contributed by atoms with E-state index in [1.54, 1.807) is 4.90 Å². The molecule has 2 fully saturated rings. The fourth-order valence-corrected chi connectivity index (χ4v) is 3.64. The Kier molecular flexibility index (Phi) is 5.95. The highest BCUT2D eigenvalue weighted by atomic mass is 16.5. The van der Waals surface area contributed by atoms with Crippen LogP contribution in [0.3, 0.4) is 0 Å². The highest BCUT2D eigenvalue weighted by Gasteiger charge is 2.36. The van der Waals surface area contributed by atoms with Crippen LogP contribution in [0.25, 0.3) is 0 Å². The largest absolute Gasteiger partial charge is 0.370 e. The van der Waals surface area contributed by atoms with E-state index in [1.807, 2.05) is 14.0 Å². The number of amides is 3. The van der Waals surface area contributed by atoms with Crippen molar-refractivity contribution in [3.8, 4) is 0 Å². The molecule has 9 nitrogen and oxygen atoms in total. The SMILES string of the molecule is CN1CCC(C(=O)NCC2(C)CN(C(=O)c3cc(C(N)=O)ccn3)CCO2)C1. The monoisotopic (exact) mass is 389 g/mol. The van der Waals surface area contributed by atoms with E-state index < -0.39 is 11.5 Å². The third-order valence-electron chi connectivity index (χ3n) is 5.29. The van der Waals surface area contributed by atoms with Crippen LogP contribution in [0.4, 0.5) is 0 Å². The first-order valence-electron chi connectivity index (χ1n) is 9.43. The number of hydrogen-bond acceptors (Lipinski definition) is 6. The summed E-state index contributed by atoms with van der Waals surface area (Å²) in [5, 5.41) is 2.97. The molecule has 3 rings (SSSR count). The Bertz CT molecular complexity index is 770. The summed E-state index contributed by atoms with van der Waals surface area (Å²) < 4.78 is 5.86. The number of morpholine rings is 1. The number of carbonyl (C=O) groups excluding carboxylic acids is 3. The first kappa shape index (κ1) is 20.2. The number of carbonyl (C=O) groups is 3.